The highest BCUT2D eigenvalue weighted by Crippen LogP contribution is 2.17. The van der Waals surface area contributed by atoms with Crippen LogP contribution in [0.15, 0.2) is 23.1 Å². The quantitative estimate of drug-likeness (QED) is 0.762. The lowest BCUT2D eigenvalue weighted by Gasteiger charge is -2.07. The van der Waals surface area contributed by atoms with Gasteiger partial charge < -0.3 is 5.73 Å². The summed E-state index contributed by atoms with van der Waals surface area (Å²) in [6, 6.07) is 4.17. The van der Waals surface area contributed by atoms with Gasteiger partial charge in [-0.1, -0.05) is 25.5 Å². The molecule has 0 unspecified atom stereocenters. The lowest BCUT2D eigenvalue weighted by Crippen LogP contribution is -2.07. The van der Waals surface area contributed by atoms with Crippen LogP contribution in [0.1, 0.15) is 18.7 Å². The summed E-state index contributed by atoms with van der Waals surface area (Å²) in [6.45, 7) is 5.01. The van der Waals surface area contributed by atoms with Gasteiger partial charge in [0.15, 0.2) is 0 Å². The van der Waals surface area contributed by atoms with Crippen molar-refractivity contribution in [3.8, 4) is 0 Å². The maximum absolute atomic E-state index is 5.63. The molecule has 12 heavy (non-hydrogen) atoms. The van der Waals surface area contributed by atoms with Crippen LogP contribution in [0.4, 0.5) is 0 Å². The van der Waals surface area contributed by atoms with Crippen LogP contribution in [0.5, 0.6) is 0 Å². The highest BCUT2D eigenvalue weighted by Gasteiger charge is 2.00. The Hall–Kier alpha value is -0.600. The van der Waals surface area contributed by atoms with Crippen LogP contribution in [-0.4, -0.2) is 6.54 Å². The van der Waals surface area contributed by atoms with Gasteiger partial charge in [0.2, 0.25) is 0 Å². The molecule has 66 valence electrons. The minimum atomic E-state index is 0.553. The Balaban J connectivity index is 2.78. The Bertz CT molecular complexity index is 247. The maximum atomic E-state index is 5.63. The third-order valence-corrected chi connectivity index (χ3v) is 2.67. The van der Waals surface area contributed by atoms with E-state index in [1.54, 1.807) is 11.3 Å². The third kappa shape index (κ3) is 2.47. The monoisotopic (exact) mass is 181 g/mol. The lowest BCUT2D eigenvalue weighted by molar-refractivity contribution is 0.753. The summed E-state index contributed by atoms with van der Waals surface area (Å²) >= 11 is 1.75. The van der Waals surface area contributed by atoms with Crippen molar-refractivity contribution in [2.75, 3.05) is 6.54 Å². The molecule has 1 heterocycles. The van der Waals surface area contributed by atoms with Crippen molar-refractivity contribution >= 4 is 17.4 Å². The summed E-state index contributed by atoms with van der Waals surface area (Å²) in [7, 11) is 0. The van der Waals surface area contributed by atoms with Crippen molar-refractivity contribution in [3.63, 3.8) is 0 Å². The van der Waals surface area contributed by atoms with Gasteiger partial charge in [-0.3, -0.25) is 0 Å². The van der Waals surface area contributed by atoms with Crippen molar-refractivity contribution in [1.82, 2.24) is 0 Å². The summed E-state index contributed by atoms with van der Waals surface area (Å²) in [6.07, 6.45) is 2.19. The molecule has 0 fully saturated rings. The minimum absolute atomic E-state index is 0.553. The van der Waals surface area contributed by atoms with Gasteiger partial charge in [-0.25, -0.2) is 0 Å². The molecular formula is C10H15NS. The normalized spacial score (nSPS) is 12.5. The Kier molecular flexibility index (Phi) is 3.50. The molecule has 0 aliphatic rings. The summed E-state index contributed by atoms with van der Waals surface area (Å²) in [5.41, 5.74) is 6.94. The van der Waals surface area contributed by atoms with E-state index in [1.165, 1.54) is 10.5 Å². The van der Waals surface area contributed by atoms with Crippen molar-refractivity contribution in [1.29, 1.82) is 0 Å². The zero-order valence-corrected chi connectivity index (χ0v) is 8.40. The molecule has 0 aliphatic carbocycles. The van der Waals surface area contributed by atoms with E-state index in [4.69, 9.17) is 5.73 Å². The van der Waals surface area contributed by atoms with Crippen LogP contribution < -0.4 is 5.73 Å². The van der Waals surface area contributed by atoms with Crippen LogP contribution in [0.2, 0.25) is 0 Å². The second-order valence-corrected chi connectivity index (χ2v) is 4.07. The molecule has 0 aliphatic heterocycles. The van der Waals surface area contributed by atoms with Crippen LogP contribution in [-0.2, 0) is 0 Å². The summed E-state index contributed by atoms with van der Waals surface area (Å²) in [5.74, 6) is 0.553. The number of rotatable bonds is 3. The van der Waals surface area contributed by atoms with E-state index >= 15 is 0 Å². The van der Waals surface area contributed by atoms with Gasteiger partial charge in [0.05, 0.1) is 0 Å². The molecule has 0 radical (unpaired) electrons. The zero-order valence-electron chi connectivity index (χ0n) is 7.58. The van der Waals surface area contributed by atoms with E-state index in [0.717, 1.165) is 0 Å². The van der Waals surface area contributed by atoms with E-state index in [2.05, 4.69) is 37.4 Å². The first kappa shape index (κ1) is 9.49. The first-order chi connectivity index (χ1) is 5.74. The molecule has 1 aromatic rings. The third-order valence-electron chi connectivity index (χ3n) is 1.85. The van der Waals surface area contributed by atoms with Crippen molar-refractivity contribution in [3.05, 3.63) is 28.0 Å². The second-order valence-electron chi connectivity index (χ2n) is 3.09. The van der Waals surface area contributed by atoms with Gasteiger partial charge in [-0.15, -0.1) is 11.3 Å². The first-order valence-corrected chi connectivity index (χ1v) is 5.06. The molecule has 0 bridgehead atoms. The second kappa shape index (κ2) is 4.43. The fraction of sp³-hybridized carbons (Fsp3) is 0.400. The first-order valence-electron chi connectivity index (χ1n) is 4.18. The van der Waals surface area contributed by atoms with Gasteiger partial charge in [0.25, 0.3) is 0 Å². The standard InChI is InChI=1S/C10H15NS/c1-8(2)9(7-11)6-10-4-3-5-12-10/h3-6,8H,7,11H2,1-2H3. The number of hydrogen-bond acceptors (Lipinski definition) is 2. The Morgan fingerprint density at radius 2 is 2.42 bits per heavy atom. The highest BCUT2D eigenvalue weighted by atomic mass is 32.1. The SMILES string of the molecule is CC(C)C(=Cc1cccs1)CN. The Morgan fingerprint density at radius 3 is 2.83 bits per heavy atom. The highest BCUT2D eigenvalue weighted by molar-refractivity contribution is 7.10. The van der Waals surface area contributed by atoms with Crippen LogP contribution in [0.25, 0.3) is 6.08 Å². The van der Waals surface area contributed by atoms with Crippen molar-refractivity contribution in [2.24, 2.45) is 11.7 Å². The van der Waals surface area contributed by atoms with Gasteiger partial charge in [-0.2, -0.15) is 0 Å². The van der Waals surface area contributed by atoms with E-state index in [9.17, 15) is 0 Å². The summed E-state index contributed by atoms with van der Waals surface area (Å²) in [4.78, 5) is 1.30. The lowest BCUT2D eigenvalue weighted by atomic mass is 10.0. The van der Waals surface area contributed by atoms with E-state index in [1.807, 2.05) is 0 Å². The molecule has 0 saturated heterocycles. The predicted molar refractivity (Wildman–Crippen MR) is 56.2 cm³/mol. The van der Waals surface area contributed by atoms with Gasteiger partial charge in [0.1, 0.15) is 0 Å². The molecule has 2 heteroatoms. The van der Waals surface area contributed by atoms with Gasteiger partial charge >= 0.3 is 0 Å². The molecule has 0 aromatic carbocycles. The molecular weight excluding hydrogens is 166 g/mol. The van der Waals surface area contributed by atoms with E-state index in [0.29, 0.717) is 12.5 Å². The Morgan fingerprint density at radius 1 is 1.67 bits per heavy atom. The average molecular weight is 181 g/mol. The molecule has 0 saturated carbocycles. The van der Waals surface area contributed by atoms with Gasteiger partial charge in [-0.05, 0) is 23.4 Å². The number of thiophene rings is 1. The smallest absolute Gasteiger partial charge is 0.0270 e. The number of nitrogens with two attached hydrogens (primary N) is 1. The zero-order chi connectivity index (χ0) is 8.97. The van der Waals surface area contributed by atoms with Crippen LogP contribution in [0, 0.1) is 5.92 Å². The predicted octanol–water partition coefficient (Wildman–Crippen LogP) is 2.75. The molecule has 1 nitrogen and oxygen atoms in total. The molecule has 0 atom stereocenters. The Labute approximate surface area is 77.9 Å². The van der Waals surface area contributed by atoms with Crippen LogP contribution in [0.3, 0.4) is 0 Å². The summed E-state index contributed by atoms with van der Waals surface area (Å²) in [5, 5.41) is 2.08. The molecule has 0 amide bonds. The van der Waals surface area contributed by atoms with Crippen molar-refractivity contribution in [2.45, 2.75) is 13.8 Å². The molecule has 1 rings (SSSR count). The summed E-state index contributed by atoms with van der Waals surface area (Å²) < 4.78 is 0. The minimum Gasteiger partial charge on any atom is -0.327 e. The molecule has 1 aromatic heterocycles. The van der Waals surface area contributed by atoms with Gasteiger partial charge in [0, 0.05) is 11.4 Å². The topological polar surface area (TPSA) is 26.0 Å². The molecule has 2 N–H and O–H groups in total. The fourth-order valence-electron chi connectivity index (χ4n) is 1.02. The van der Waals surface area contributed by atoms with E-state index < -0.39 is 0 Å². The number of hydrogen-bond donors (Lipinski definition) is 1. The van der Waals surface area contributed by atoms with E-state index in [-0.39, 0.29) is 0 Å². The van der Waals surface area contributed by atoms with Crippen LogP contribution >= 0.6 is 11.3 Å². The largest absolute Gasteiger partial charge is 0.327 e. The molecule has 0 spiro atoms. The fourth-order valence-corrected chi connectivity index (χ4v) is 1.71. The average Bonchev–Trinajstić information content (AvgIpc) is 2.51. The maximum Gasteiger partial charge on any atom is 0.0270 e. The van der Waals surface area contributed by atoms with Crippen molar-refractivity contribution < 1.29 is 0 Å².